The molecule has 0 aliphatic rings. The van der Waals surface area contributed by atoms with Gasteiger partial charge in [-0.25, -0.2) is 8.42 Å². The van der Waals surface area contributed by atoms with E-state index in [1.54, 1.807) is 19.1 Å². The van der Waals surface area contributed by atoms with Gasteiger partial charge in [0, 0.05) is 0 Å². The van der Waals surface area contributed by atoms with Gasteiger partial charge in [0.2, 0.25) is 0 Å². The van der Waals surface area contributed by atoms with E-state index in [2.05, 4.69) is 32.5 Å². The average molecular weight is 294 g/mol. The molecule has 0 saturated carbocycles. The molecule has 0 unspecified atom stereocenters. The smallest absolute Gasteiger partial charge is 0.206 e. The lowest BCUT2D eigenvalue weighted by molar-refractivity contribution is 0.588. The third kappa shape index (κ3) is 3.10. The Morgan fingerprint density at radius 1 is 1.57 bits per heavy atom. The SMILES string of the molecule is CC#CCNS(=O)(=O)c1ccc(Br)s1. The molecule has 14 heavy (non-hydrogen) atoms. The van der Waals surface area contributed by atoms with Gasteiger partial charge in [0.15, 0.2) is 0 Å². The Morgan fingerprint density at radius 3 is 2.79 bits per heavy atom. The first-order valence-electron chi connectivity index (χ1n) is 3.71. The molecule has 0 aliphatic carbocycles. The molecule has 0 amide bonds. The van der Waals surface area contributed by atoms with Gasteiger partial charge in [-0.05, 0) is 35.0 Å². The summed E-state index contributed by atoms with van der Waals surface area (Å²) in [7, 11) is -3.38. The van der Waals surface area contributed by atoms with E-state index < -0.39 is 10.0 Å². The van der Waals surface area contributed by atoms with Crippen molar-refractivity contribution < 1.29 is 8.42 Å². The van der Waals surface area contributed by atoms with Crippen molar-refractivity contribution in [3.8, 4) is 11.8 Å². The number of hydrogen-bond acceptors (Lipinski definition) is 3. The molecule has 3 nitrogen and oxygen atoms in total. The highest BCUT2D eigenvalue weighted by Gasteiger charge is 2.14. The first-order chi connectivity index (χ1) is 6.56. The van der Waals surface area contributed by atoms with Crippen LogP contribution < -0.4 is 4.72 Å². The van der Waals surface area contributed by atoms with Crippen LogP contribution in [-0.2, 0) is 10.0 Å². The van der Waals surface area contributed by atoms with Gasteiger partial charge in [0.1, 0.15) is 4.21 Å². The van der Waals surface area contributed by atoms with E-state index in [4.69, 9.17) is 0 Å². The fourth-order valence-electron chi connectivity index (χ4n) is 0.733. The molecule has 1 aromatic rings. The van der Waals surface area contributed by atoms with E-state index in [1.165, 1.54) is 11.3 Å². The highest BCUT2D eigenvalue weighted by Crippen LogP contribution is 2.25. The zero-order chi connectivity index (χ0) is 10.6. The van der Waals surface area contributed by atoms with Crippen LogP contribution in [0.15, 0.2) is 20.1 Å². The molecule has 0 saturated heterocycles. The summed E-state index contributed by atoms with van der Waals surface area (Å²) >= 11 is 4.38. The molecular weight excluding hydrogens is 286 g/mol. The third-order valence-corrected chi connectivity index (χ3v) is 4.86. The summed E-state index contributed by atoms with van der Waals surface area (Å²) in [4.78, 5) is 0. The lowest BCUT2D eigenvalue weighted by Crippen LogP contribution is -2.23. The maximum Gasteiger partial charge on any atom is 0.250 e. The summed E-state index contributed by atoms with van der Waals surface area (Å²) < 4.78 is 26.5. The number of hydrogen-bond donors (Lipinski definition) is 1. The van der Waals surface area contributed by atoms with Crippen molar-refractivity contribution >= 4 is 37.3 Å². The Hall–Kier alpha value is -0.350. The molecule has 1 aromatic heterocycles. The predicted molar refractivity (Wildman–Crippen MR) is 60.7 cm³/mol. The second-order valence-electron chi connectivity index (χ2n) is 2.31. The minimum Gasteiger partial charge on any atom is -0.206 e. The monoisotopic (exact) mass is 293 g/mol. The van der Waals surface area contributed by atoms with Gasteiger partial charge < -0.3 is 0 Å². The molecule has 0 spiro atoms. The third-order valence-electron chi connectivity index (χ3n) is 1.34. The summed E-state index contributed by atoms with van der Waals surface area (Å²) in [6, 6.07) is 3.25. The first kappa shape index (κ1) is 11.7. The molecule has 0 aliphatic heterocycles. The van der Waals surface area contributed by atoms with Gasteiger partial charge in [-0.2, -0.15) is 4.72 Å². The summed E-state index contributed by atoms with van der Waals surface area (Å²) in [5.74, 6) is 5.25. The zero-order valence-corrected chi connectivity index (χ0v) is 10.6. The van der Waals surface area contributed by atoms with Crippen LogP contribution in [0.2, 0.25) is 0 Å². The number of nitrogens with one attached hydrogen (secondary N) is 1. The van der Waals surface area contributed by atoms with Crippen LogP contribution in [0, 0.1) is 11.8 Å². The molecular formula is C8H8BrNO2S2. The van der Waals surface area contributed by atoms with Crippen LogP contribution in [0.1, 0.15) is 6.92 Å². The molecule has 0 bridgehead atoms. The van der Waals surface area contributed by atoms with Crippen molar-refractivity contribution in [1.82, 2.24) is 4.72 Å². The van der Waals surface area contributed by atoms with Gasteiger partial charge in [-0.1, -0.05) is 5.92 Å². The number of rotatable bonds is 3. The number of sulfonamides is 1. The number of thiophene rings is 1. The Kier molecular flexibility index (Phi) is 4.13. The van der Waals surface area contributed by atoms with Crippen LogP contribution >= 0.6 is 27.3 Å². The second-order valence-corrected chi connectivity index (χ2v) is 6.77. The van der Waals surface area contributed by atoms with E-state index in [1.807, 2.05) is 0 Å². The number of halogens is 1. The Balaban J connectivity index is 2.79. The van der Waals surface area contributed by atoms with Crippen LogP contribution in [0.25, 0.3) is 0 Å². The molecule has 1 N–H and O–H groups in total. The Labute approximate surface area is 95.7 Å². The van der Waals surface area contributed by atoms with Crippen molar-refractivity contribution in [2.45, 2.75) is 11.1 Å². The zero-order valence-electron chi connectivity index (χ0n) is 7.37. The van der Waals surface area contributed by atoms with Crippen LogP contribution in [0.3, 0.4) is 0 Å². The summed E-state index contributed by atoms with van der Waals surface area (Å²) in [6.07, 6.45) is 0. The lowest BCUT2D eigenvalue weighted by atomic mass is 10.6. The van der Waals surface area contributed by atoms with Crippen LogP contribution in [0.5, 0.6) is 0 Å². The fourth-order valence-corrected chi connectivity index (χ4v) is 3.71. The maximum atomic E-state index is 11.5. The van der Waals surface area contributed by atoms with Crippen molar-refractivity contribution in [3.63, 3.8) is 0 Å². The maximum absolute atomic E-state index is 11.5. The van der Waals surface area contributed by atoms with Crippen molar-refractivity contribution in [2.75, 3.05) is 6.54 Å². The molecule has 76 valence electrons. The largest absolute Gasteiger partial charge is 0.250 e. The van der Waals surface area contributed by atoms with Gasteiger partial charge in [0.25, 0.3) is 10.0 Å². The van der Waals surface area contributed by atoms with E-state index in [9.17, 15) is 8.42 Å². The normalized spacial score (nSPS) is 10.7. The fraction of sp³-hybridized carbons (Fsp3) is 0.250. The van der Waals surface area contributed by atoms with E-state index >= 15 is 0 Å². The minimum absolute atomic E-state index is 0.147. The van der Waals surface area contributed by atoms with Crippen LogP contribution in [0.4, 0.5) is 0 Å². The summed E-state index contributed by atoms with van der Waals surface area (Å²) in [5.41, 5.74) is 0. The van der Waals surface area contributed by atoms with Gasteiger partial charge >= 0.3 is 0 Å². The second kappa shape index (κ2) is 4.94. The highest BCUT2D eigenvalue weighted by atomic mass is 79.9. The van der Waals surface area contributed by atoms with Gasteiger partial charge in [-0.3, -0.25) is 0 Å². The van der Waals surface area contributed by atoms with E-state index in [-0.39, 0.29) is 6.54 Å². The van der Waals surface area contributed by atoms with Crippen molar-refractivity contribution in [2.24, 2.45) is 0 Å². The van der Waals surface area contributed by atoms with Gasteiger partial charge in [0.05, 0.1) is 10.3 Å². The van der Waals surface area contributed by atoms with Crippen LogP contribution in [-0.4, -0.2) is 15.0 Å². The predicted octanol–water partition coefficient (Wildman–Crippen LogP) is 1.81. The molecule has 0 radical (unpaired) electrons. The van der Waals surface area contributed by atoms with E-state index in [0.717, 1.165) is 3.79 Å². The first-order valence-corrected chi connectivity index (χ1v) is 6.80. The molecule has 0 aromatic carbocycles. The Bertz CT molecular complexity index is 467. The molecule has 0 atom stereocenters. The molecule has 1 rings (SSSR count). The lowest BCUT2D eigenvalue weighted by Gasteiger charge is -1.98. The van der Waals surface area contributed by atoms with E-state index in [0.29, 0.717) is 4.21 Å². The molecule has 1 heterocycles. The summed E-state index contributed by atoms with van der Waals surface area (Å²) in [5, 5.41) is 0. The summed E-state index contributed by atoms with van der Waals surface area (Å²) in [6.45, 7) is 1.81. The van der Waals surface area contributed by atoms with Crippen molar-refractivity contribution in [1.29, 1.82) is 0 Å². The minimum atomic E-state index is -3.38. The quantitative estimate of drug-likeness (QED) is 0.864. The Morgan fingerprint density at radius 2 is 2.29 bits per heavy atom. The molecule has 0 fully saturated rings. The van der Waals surface area contributed by atoms with Gasteiger partial charge in [-0.15, -0.1) is 17.3 Å². The standard InChI is InChI=1S/C8H8BrNO2S2/c1-2-3-6-10-14(11,12)8-5-4-7(9)13-8/h4-5,10H,6H2,1H3. The topological polar surface area (TPSA) is 46.2 Å². The highest BCUT2D eigenvalue weighted by molar-refractivity contribution is 9.11. The molecule has 6 heteroatoms. The van der Waals surface area contributed by atoms with Crippen molar-refractivity contribution in [3.05, 3.63) is 15.9 Å². The average Bonchev–Trinajstić information content (AvgIpc) is 2.53.